The summed E-state index contributed by atoms with van der Waals surface area (Å²) in [5.41, 5.74) is 4.42. The third-order valence-corrected chi connectivity index (χ3v) is 12.3. The minimum Gasteiger partial charge on any atom is -0.449 e. The second-order valence-electron chi connectivity index (χ2n) is 13.9. The largest absolute Gasteiger partial charge is 0.449 e. The molecule has 1 aliphatic heterocycles. The van der Waals surface area contributed by atoms with E-state index in [2.05, 4.69) is 94.5 Å². The van der Waals surface area contributed by atoms with Crippen LogP contribution in [0.15, 0.2) is 59.6 Å². The highest BCUT2D eigenvalue weighted by atomic mass is 32.3. The lowest BCUT2D eigenvalue weighted by Crippen LogP contribution is -2.40. The van der Waals surface area contributed by atoms with E-state index in [9.17, 15) is 5.11 Å². The van der Waals surface area contributed by atoms with Gasteiger partial charge in [0.05, 0.1) is 45.2 Å². The molecule has 9 heteroatoms. The van der Waals surface area contributed by atoms with E-state index in [4.69, 9.17) is 23.1 Å². The first-order chi connectivity index (χ1) is 22.7. The molecule has 8 nitrogen and oxygen atoms in total. The van der Waals surface area contributed by atoms with Crippen molar-refractivity contribution in [2.45, 2.75) is 103 Å². The van der Waals surface area contributed by atoms with Crippen molar-refractivity contribution in [1.82, 2.24) is 0 Å². The van der Waals surface area contributed by atoms with E-state index < -0.39 is 16.4 Å². The summed E-state index contributed by atoms with van der Waals surface area (Å²) in [6.45, 7) is 25.2. The number of rotatable bonds is 22. The summed E-state index contributed by atoms with van der Waals surface area (Å²) in [6, 6.07) is 6.52. The van der Waals surface area contributed by atoms with Crippen LogP contribution in [-0.4, -0.2) is 100 Å². The zero-order valence-electron chi connectivity index (χ0n) is 31.5. The molecule has 0 spiro atoms. The van der Waals surface area contributed by atoms with Crippen LogP contribution >= 0.6 is 10.3 Å². The predicted molar refractivity (Wildman–Crippen MR) is 205 cm³/mol. The van der Waals surface area contributed by atoms with E-state index in [1.807, 2.05) is 19.3 Å². The van der Waals surface area contributed by atoms with Crippen LogP contribution < -0.4 is 9.08 Å². The maximum Gasteiger partial charge on any atom is 0.135 e. The summed E-state index contributed by atoms with van der Waals surface area (Å²) < 4.78 is 29.9. The van der Waals surface area contributed by atoms with E-state index in [1.165, 1.54) is 0 Å². The third-order valence-electron chi connectivity index (χ3n) is 8.70. The molecule has 0 saturated carbocycles. The molecule has 1 aromatic rings. The zero-order valence-corrected chi connectivity index (χ0v) is 32.3. The number of allylic oxidation sites excluding steroid dienone is 3. The average Bonchev–Trinajstić information content (AvgIpc) is 3.02. The maximum atomic E-state index is 9.25. The van der Waals surface area contributed by atoms with Crippen molar-refractivity contribution in [1.29, 1.82) is 0 Å². The molecule has 1 aliphatic rings. The molecule has 48 heavy (non-hydrogen) atoms. The van der Waals surface area contributed by atoms with Gasteiger partial charge in [0, 0.05) is 42.8 Å². The molecule has 1 heterocycles. The first kappa shape index (κ1) is 42.0. The standard InChI is InChI=1S/C39H66N2O6S/c1-12-35(33(28-40-9)18-17-30(3)26-32(5)45-25-24-43-22-23-44-29-31(4)42)36-27-34(47-48(10,11)39(6,7)8)19-20-37(36)41(13-2)38-16-14-15-21-46-38/h12,18-20,27-28,31-32,35,38,42H,1,3,13-17,21-26,29H2,2,4-11H3/b33-18+,40-28?/t31?,32-,35?,38?/m1/s1. The Balaban J connectivity index is 2.25. The van der Waals surface area contributed by atoms with Crippen molar-refractivity contribution < 1.29 is 28.2 Å². The Bertz CT molecular complexity index is 1170. The van der Waals surface area contributed by atoms with Crippen LogP contribution in [0.2, 0.25) is 0 Å². The van der Waals surface area contributed by atoms with Crippen LogP contribution in [0.3, 0.4) is 0 Å². The molecular weight excluding hydrogens is 625 g/mol. The van der Waals surface area contributed by atoms with Crippen LogP contribution in [0.5, 0.6) is 5.75 Å². The maximum absolute atomic E-state index is 9.25. The van der Waals surface area contributed by atoms with Crippen LogP contribution in [0.25, 0.3) is 0 Å². The number of benzene rings is 1. The number of ether oxygens (including phenoxy) is 4. The summed E-state index contributed by atoms with van der Waals surface area (Å²) >= 11 is 0. The van der Waals surface area contributed by atoms with Crippen molar-refractivity contribution in [2.24, 2.45) is 4.99 Å². The topological polar surface area (TPSA) is 82.0 Å². The van der Waals surface area contributed by atoms with Gasteiger partial charge in [-0.1, -0.05) is 34.6 Å². The Labute approximate surface area is 294 Å². The fourth-order valence-corrected chi connectivity index (χ4v) is 6.24. The van der Waals surface area contributed by atoms with Crippen LogP contribution in [0, 0.1) is 0 Å². The number of anilines is 1. The van der Waals surface area contributed by atoms with Crippen molar-refractivity contribution in [3.63, 3.8) is 0 Å². The molecule has 0 radical (unpaired) electrons. The SMILES string of the molecule is C=CC(/C(C=NC)=C/CC(=C)C[C@@H](C)OCCOCCOCC(C)O)c1cc(OS(C)(C)C(C)(C)C)ccc1N(CC)C1CCCCO1. The van der Waals surface area contributed by atoms with Gasteiger partial charge in [-0.2, -0.15) is 0 Å². The number of aliphatic imine (C=N–C) groups is 1. The molecule has 0 amide bonds. The quantitative estimate of drug-likeness (QED) is 0.0746. The van der Waals surface area contributed by atoms with Gasteiger partial charge >= 0.3 is 0 Å². The average molecular weight is 691 g/mol. The molecule has 274 valence electrons. The van der Waals surface area contributed by atoms with E-state index in [0.29, 0.717) is 39.5 Å². The highest BCUT2D eigenvalue weighted by molar-refractivity contribution is 8.30. The molecule has 0 bridgehead atoms. The molecule has 1 N–H and O–H groups in total. The molecule has 1 saturated heterocycles. The van der Waals surface area contributed by atoms with Crippen molar-refractivity contribution in [3.05, 3.63) is 60.2 Å². The summed E-state index contributed by atoms with van der Waals surface area (Å²) in [6.07, 6.45) is 14.9. The molecule has 0 aromatic heterocycles. The first-order valence-electron chi connectivity index (χ1n) is 17.5. The monoisotopic (exact) mass is 690 g/mol. The minimum atomic E-state index is -1.39. The van der Waals surface area contributed by atoms with Gasteiger partial charge in [0.25, 0.3) is 0 Å². The Morgan fingerprint density at radius 1 is 1.15 bits per heavy atom. The second kappa shape index (κ2) is 21.2. The van der Waals surface area contributed by atoms with Crippen LogP contribution in [0.4, 0.5) is 5.69 Å². The van der Waals surface area contributed by atoms with Gasteiger partial charge < -0.3 is 33.1 Å². The number of hydrogen-bond donors (Lipinski definition) is 1. The van der Waals surface area contributed by atoms with Crippen molar-refractivity contribution in [2.75, 3.05) is 70.6 Å². The minimum absolute atomic E-state index is 0.0159. The van der Waals surface area contributed by atoms with Crippen LogP contribution in [0.1, 0.15) is 85.1 Å². The van der Waals surface area contributed by atoms with Crippen LogP contribution in [-0.2, 0) is 18.9 Å². The summed E-state index contributed by atoms with van der Waals surface area (Å²) in [7, 11) is 0.420. The number of nitrogens with zero attached hydrogens (tertiary/aromatic N) is 2. The lowest BCUT2D eigenvalue weighted by molar-refractivity contribution is -0.0178. The van der Waals surface area contributed by atoms with Gasteiger partial charge in [0.2, 0.25) is 0 Å². The normalized spacial score (nSPS) is 18.4. The van der Waals surface area contributed by atoms with E-state index >= 15 is 0 Å². The van der Waals surface area contributed by atoms with Gasteiger partial charge in [0.15, 0.2) is 0 Å². The first-order valence-corrected chi connectivity index (χ1v) is 19.9. The van der Waals surface area contributed by atoms with E-state index in [1.54, 1.807) is 6.92 Å². The van der Waals surface area contributed by atoms with Crippen molar-refractivity contribution in [3.8, 4) is 5.75 Å². The van der Waals surface area contributed by atoms with E-state index in [-0.39, 0.29) is 23.0 Å². The van der Waals surface area contributed by atoms with Gasteiger partial charge in [-0.25, -0.2) is 0 Å². The molecule has 4 atom stereocenters. The zero-order chi connectivity index (χ0) is 35.7. The molecule has 2 rings (SSSR count). The summed E-state index contributed by atoms with van der Waals surface area (Å²) in [5, 5.41) is 9.25. The molecule has 1 aromatic carbocycles. The van der Waals surface area contributed by atoms with Gasteiger partial charge in [-0.05, 0) is 115 Å². The second-order valence-corrected chi connectivity index (χ2v) is 17.8. The smallest absolute Gasteiger partial charge is 0.135 e. The molecular formula is C39H66N2O6S. The Morgan fingerprint density at radius 2 is 1.85 bits per heavy atom. The van der Waals surface area contributed by atoms with Crippen molar-refractivity contribution >= 4 is 22.2 Å². The molecule has 3 unspecified atom stereocenters. The van der Waals surface area contributed by atoms with E-state index in [0.717, 1.165) is 67.0 Å². The number of aliphatic hydroxyl groups excluding tert-OH is 1. The fraction of sp³-hybridized carbons (Fsp3) is 0.667. The number of hydrogen-bond acceptors (Lipinski definition) is 8. The predicted octanol–water partition coefficient (Wildman–Crippen LogP) is 8.25. The lowest BCUT2D eigenvalue weighted by atomic mass is 9.88. The Hall–Kier alpha value is -2.14. The fourth-order valence-electron chi connectivity index (χ4n) is 5.40. The summed E-state index contributed by atoms with van der Waals surface area (Å²) in [5.74, 6) is 0.761. The molecule has 1 fully saturated rings. The molecule has 0 aliphatic carbocycles. The highest BCUT2D eigenvalue weighted by Gasteiger charge is 2.31. The highest BCUT2D eigenvalue weighted by Crippen LogP contribution is 2.54. The number of aliphatic hydroxyl groups is 1. The Kier molecular flexibility index (Phi) is 18.5. The summed E-state index contributed by atoms with van der Waals surface area (Å²) in [4.78, 5) is 6.85. The lowest BCUT2D eigenvalue weighted by Gasteiger charge is -2.44. The van der Waals surface area contributed by atoms with Gasteiger partial charge in [0.1, 0.15) is 12.0 Å². The Morgan fingerprint density at radius 3 is 2.46 bits per heavy atom. The third kappa shape index (κ3) is 14.0. The van der Waals surface area contributed by atoms with Gasteiger partial charge in [-0.3, -0.25) is 4.99 Å². The van der Waals surface area contributed by atoms with Gasteiger partial charge in [-0.15, -0.1) is 6.58 Å².